The molecule has 0 aromatic heterocycles. The first-order valence-electron chi connectivity index (χ1n) is 8.13. The second-order valence-electron chi connectivity index (χ2n) is 6.07. The molecule has 6 nitrogen and oxygen atoms in total. The smallest absolute Gasteiger partial charge is 0.241 e. The van der Waals surface area contributed by atoms with Gasteiger partial charge in [-0.25, -0.2) is 0 Å². The number of likely N-dealkylation sites (tertiary alicyclic amines) is 1. The normalized spacial score (nSPS) is 19.5. The largest absolute Gasteiger partial charge is 0.347 e. The highest BCUT2D eigenvalue weighted by molar-refractivity contribution is 9.10. The molecule has 1 N–H and O–H groups in total. The maximum Gasteiger partial charge on any atom is 0.241 e. The van der Waals surface area contributed by atoms with Crippen molar-refractivity contribution in [1.29, 1.82) is 0 Å². The van der Waals surface area contributed by atoms with Crippen LogP contribution in [-0.4, -0.2) is 55.3 Å². The lowest BCUT2D eigenvalue weighted by Gasteiger charge is -2.37. The fourth-order valence-corrected chi connectivity index (χ4v) is 3.51. The van der Waals surface area contributed by atoms with E-state index in [0.717, 1.165) is 10.0 Å². The predicted octanol–water partition coefficient (Wildman–Crippen LogP) is 1.47. The molecule has 2 amide bonds. The van der Waals surface area contributed by atoms with E-state index in [1.54, 1.807) is 4.90 Å². The summed E-state index contributed by atoms with van der Waals surface area (Å²) in [6.45, 7) is 2.47. The van der Waals surface area contributed by atoms with Crippen LogP contribution in [0.25, 0.3) is 0 Å². The monoisotopic (exact) mass is 396 g/mol. The number of benzene rings is 1. The minimum absolute atomic E-state index is 0.0293. The molecule has 130 valence electrons. The van der Waals surface area contributed by atoms with Crippen molar-refractivity contribution in [2.75, 3.05) is 32.8 Å². The van der Waals surface area contributed by atoms with Crippen molar-refractivity contribution in [3.8, 4) is 0 Å². The molecule has 24 heavy (non-hydrogen) atoms. The molecule has 0 bridgehead atoms. The van der Waals surface area contributed by atoms with E-state index in [1.165, 1.54) is 0 Å². The Morgan fingerprint density at radius 2 is 1.92 bits per heavy atom. The van der Waals surface area contributed by atoms with E-state index in [4.69, 9.17) is 9.47 Å². The van der Waals surface area contributed by atoms with Crippen LogP contribution in [0.1, 0.15) is 18.4 Å². The Morgan fingerprint density at radius 1 is 1.21 bits per heavy atom. The lowest BCUT2D eigenvalue weighted by Crippen LogP contribution is -2.49. The minimum Gasteiger partial charge on any atom is -0.347 e. The molecule has 0 atom stereocenters. The van der Waals surface area contributed by atoms with Crippen LogP contribution in [0.5, 0.6) is 0 Å². The van der Waals surface area contributed by atoms with Gasteiger partial charge in [-0.1, -0.05) is 28.1 Å². The van der Waals surface area contributed by atoms with Crippen LogP contribution in [0.4, 0.5) is 0 Å². The molecule has 2 aliphatic heterocycles. The number of hydrogen-bond donors (Lipinski definition) is 1. The van der Waals surface area contributed by atoms with Crippen molar-refractivity contribution in [3.05, 3.63) is 34.3 Å². The van der Waals surface area contributed by atoms with Crippen LogP contribution in [0.15, 0.2) is 28.7 Å². The zero-order valence-electron chi connectivity index (χ0n) is 13.4. The predicted molar refractivity (Wildman–Crippen MR) is 91.3 cm³/mol. The first-order valence-corrected chi connectivity index (χ1v) is 8.92. The number of amides is 2. The van der Waals surface area contributed by atoms with Gasteiger partial charge in [-0.3, -0.25) is 9.59 Å². The van der Waals surface area contributed by atoms with Crippen molar-refractivity contribution in [2.24, 2.45) is 0 Å². The summed E-state index contributed by atoms with van der Waals surface area (Å²) in [5, 5.41) is 2.70. The maximum absolute atomic E-state index is 12.2. The van der Waals surface area contributed by atoms with Gasteiger partial charge in [0.05, 0.1) is 26.2 Å². The van der Waals surface area contributed by atoms with Gasteiger partial charge in [0.25, 0.3) is 0 Å². The lowest BCUT2D eigenvalue weighted by atomic mass is 10.0. The number of carbonyl (C=O) groups excluding carboxylic acids is 2. The Morgan fingerprint density at radius 3 is 2.58 bits per heavy atom. The third-order valence-electron chi connectivity index (χ3n) is 4.38. The van der Waals surface area contributed by atoms with Gasteiger partial charge >= 0.3 is 0 Å². The first-order chi connectivity index (χ1) is 11.6. The average Bonchev–Trinajstić information content (AvgIpc) is 3.01. The number of nitrogens with one attached hydrogen (secondary N) is 1. The Balaban J connectivity index is 1.41. The summed E-state index contributed by atoms with van der Waals surface area (Å²) in [5.74, 6) is -0.705. The molecule has 2 fully saturated rings. The van der Waals surface area contributed by atoms with Gasteiger partial charge in [-0.15, -0.1) is 0 Å². The Kier molecular flexibility index (Phi) is 5.53. The van der Waals surface area contributed by atoms with Crippen molar-refractivity contribution >= 4 is 27.7 Å². The highest BCUT2D eigenvalue weighted by atomic mass is 79.9. The average molecular weight is 397 g/mol. The molecule has 1 spiro atoms. The molecular weight excluding hydrogens is 376 g/mol. The summed E-state index contributed by atoms with van der Waals surface area (Å²) in [6, 6.07) is 7.57. The minimum atomic E-state index is -0.485. The molecule has 2 heterocycles. The Bertz CT molecular complexity index is 606. The van der Waals surface area contributed by atoms with Gasteiger partial charge < -0.3 is 19.7 Å². The number of halogens is 1. The number of carbonyl (C=O) groups is 2. The molecule has 0 aliphatic carbocycles. The standard InChI is InChI=1S/C17H21BrN2O4/c18-14-3-1-2-13(10-14)11-15(21)19-12-16(22)20-6-4-17(5-7-20)23-8-9-24-17/h1-3,10H,4-9,11-12H2,(H,19,21). The topological polar surface area (TPSA) is 67.9 Å². The van der Waals surface area contributed by atoms with E-state index in [9.17, 15) is 9.59 Å². The van der Waals surface area contributed by atoms with E-state index in [2.05, 4.69) is 21.2 Å². The van der Waals surface area contributed by atoms with E-state index in [0.29, 0.717) is 39.1 Å². The van der Waals surface area contributed by atoms with Gasteiger partial charge in [0.2, 0.25) is 11.8 Å². The van der Waals surface area contributed by atoms with Crippen LogP contribution in [0, 0.1) is 0 Å². The summed E-state index contributed by atoms with van der Waals surface area (Å²) in [7, 11) is 0. The van der Waals surface area contributed by atoms with Gasteiger partial charge in [-0.2, -0.15) is 0 Å². The molecule has 2 saturated heterocycles. The molecule has 3 rings (SSSR count). The Labute approximate surface area is 149 Å². The molecule has 2 aliphatic rings. The van der Waals surface area contributed by atoms with Crippen molar-refractivity contribution in [2.45, 2.75) is 25.0 Å². The first kappa shape index (κ1) is 17.4. The van der Waals surface area contributed by atoms with E-state index < -0.39 is 5.79 Å². The van der Waals surface area contributed by atoms with E-state index in [-0.39, 0.29) is 24.8 Å². The van der Waals surface area contributed by atoms with Crippen LogP contribution in [0.2, 0.25) is 0 Å². The second kappa shape index (κ2) is 7.63. The number of ether oxygens (including phenoxy) is 2. The Hall–Kier alpha value is -1.44. The van der Waals surface area contributed by atoms with Crippen LogP contribution in [0.3, 0.4) is 0 Å². The lowest BCUT2D eigenvalue weighted by molar-refractivity contribution is -0.187. The SMILES string of the molecule is O=C(Cc1cccc(Br)c1)NCC(=O)N1CCC2(CC1)OCCO2. The fraction of sp³-hybridized carbons (Fsp3) is 0.529. The van der Waals surface area contributed by atoms with Crippen LogP contribution >= 0.6 is 15.9 Å². The van der Waals surface area contributed by atoms with Crippen molar-refractivity contribution in [3.63, 3.8) is 0 Å². The third kappa shape index (κ3) is 4.34. The molecule has 0 unspecified atom stereocenters. The van der Waals surface area contributed by atoms with Crippen molar-refractivity contribution < 1.29 is 19.1 Å². The van der Waals surface area contributed by atoms with Gasteiger partial charge in [0, 0.05) is 30.4 Å². The summed E-state index contributed by atoms with van der Waals surface area (Å²) < 4.78 is 12.2. The van der Waals surface area contributed by atoms with Gasteiger partial charge in [-0.05, 0) is 17.7 Å². The van der Waals surface area contributed by atoms with E-state index >= 15 is 0 Å². The zero-order valence-corrected chi connectivity index (χ0v) is 15.0. The number of nitrogens with zero attached hydrogens (tertiary/aromatic N) is 1. The quantitative estimate of drug-likeness (QED) is 0.836. The van der Waals surface area contributed by atoms with Crippen molar-refractivity contribution in [1.82, 2.24) is 10.2 Å². The highest BCUT2D eigenvalue weighted by Gasteiger charge is 2.40. The third-order valence-corrected chi connectivity index (χ3v) is 4.88. The zero-order chi connectivity index (χ0) is 17.0. The summed E-state index contributed by atoms with van der Waals surface area (Å²) in [6.07, 6.45) is 1.63. The van der Waals surface area contributed by atoms with Crippen LogP contribution in [-0.2, 0) is 25.5 Å². The summed E-state index contributed by atoms with van der Waals surface area (Å²) >= 11 is 3.38. The van der Waals surface area contributed by atoms with E-state index in [1.807, 2.05) is 24.3 Å². The van der Waals surface area contributed by atoms with Gasteiger partial charge in [0.1, 0.15) is 0 Å². The summed E-state index contributed by atoms with van der Waals surface area (Å²) in [5.41, 5.74) is 0.907. The molecule has 7 heteroatoms. The molecule has 1 aromatic carbocycles. The second-order valence-corrected chi connectivity index (χ2v) is 6.99. The summed E-state index contributed by atoms with van der Waals surface area (Å²) in [4.78, 5) is 26.0. The maximum atomic E-state index is 12.2. The number of piperidine rings is 1. The fourth-order valence-electron chi connectivity index (χ4n) is 3.06. The molecule has 0 radical (unpaired) electrons. The molecule has 1 aromatic rings. The number of hydrogen-bond acceptors (Lipinski definition) is 4. The number of rotatable bonds is 4. The highest BCUT2D eigenvalue weighted by Crippen LogP contribution is 2.31. The van der Waals surface area contributed by atoms with Crippen LogP contribution < -0.4 is 5.32 Å². The molecule has 0 saturated carbocycles. The van der Waals surface area contributed by atoms with Gasteiger partial charge in [0.15, 0.2) is 5.79 Å². The molecular formula is C17H21BrN2O4.